The van der Waals surface area contributed by atoms with Crippen LogP contribution in [0, 0.1) is 0 Å². The second-order valence-corrected chi connectivity index (χ2v) is 4.91. The number of nitrogens with zero attached hydrogens (tertiary/aromatic N) is 1. The van der Waals surface area contributed by atoms with E-state index in [0.29, 0.717) is 11.6 Å². The summed E-state index contributed by atoms with van der Waals surface area (Å²) in [4.78, 5) is 2.62. The van der Waals surface area contributed by atoms with Crippen LogP contribution >= 0.6 is 0 Å². The maximum atomic E-state index is 3.55. The minimum Gasteiger partial charge on any atom is -0.314 e. The van der Waals surface area contributed by atoms with Gasteiger partial charge in [0.05, 0.1) is 0 Å². The Kier molecular flexibility index (Phi) is 2.61. The highest BCUT2D eigenvalue weighted by molar-refractivity contribution is 4.97. The van der Waals surface area contributed by atoms with Gasteiger partial charge in [-0.05, 0) is 52.7 Å². The van der Waals surface area contributed by atoms with Crippen molar-refractivity contribution in [2.24, 2.45) is 0 Å². The molecule has 1 spiro atoms. The van der Waals surface area contributed by atoms with Crippen LogP contribution < -0.4 is 5.32 Å². The lowest BCUT2D eigenvalue weighted by molar-refractivity contribution is 0.0317. The van der Waals surface area contributed by atoms with E-state index < -0.39 is 0 Å². The van der Waals surface area contributed by atoms with E-state index in [1.54, 1.807) is 0 Å². The average molecular weight is 182 g/mol. The minimum atomic E-state index is 0.558. The molecule has 2 aliphatic rings. The predicted octanol–water partition coefficient (Wildman–Crippen LogP) is 1.61. The molecule has 0 aliphatic carbocycles. The largest absolute Gasteiger partial charge is 0.314 e. The van der Waals surface area contributed by atoms with Gasteiger partial charge < -0.3 is 10.2 Å². The van der Waals surface area contributed by atoms with Crippen molar-refractivity contribution < 1.29 is 0 Å². The van der Waals surface area contributed by atoms with Gasteiger partial charge in [-0.3, -0.25) is 0 Å². The Labute approximate surface area is 81.7 Å². The molecular formula is C11H22N2. The fraction of sp³-hybridized carbons (Fsp3) is 1.00. The quantitative estimate of drug-likeness (QED) is 0.612. The van der Waals surface area contributed by atoms with Crippen LogP contribution in [0.4, 0.5) is 0 Å². The first-order valence-corrected chi connectivity index (χ1v) is 5.68. The SMILES string of the molecule is CC1CC2(CCCCN2C)CCN1. The zero-order valence-electron chi connectivity index (χ0n) is 8.97. The molecule has 2 nitrogen and oxygen atoms in total. The molecule has 2 atom stereocenters. The van der Waals surface area contributed by atoms with Crippen molar-refractivity contribution >= 4 is 0 Å². The summed E-state index contributed by atoms with van der Waals surface area (Å²) in [5.41, 5.74) is 0.558. The first-order valence-electron chi connectivity index (χ1n) is 5.68. The van der Waals surface area contributed by atoms with Gasteiger partial charge in [0, 0.05) is 11.6 Å². The summed E-state index contributed by atoms with van der Waals surface area (Å²) in [6.45, 7) is 4.85. The van der Waals surface area contributed by atoms with Crippen molar-refractivity contribution in [1.29, 1.82) is 0 Å². The number of hydrogen-bond acceptors (Lipinski definition) is 2. The van der Waals surface area contributed by atoms with E-state index in [2.05, 4.69) is 24.2 Å². The van der Waals surface area contributed by atoms with Crippen LogP contribution in [0.5, 0.6) is 0 Å². The van der Waals surface area contributed by atoms with Crippen LogP contribution in [0.2, 0.25) is 0 Å². The molecule has 2 heterocycles. The number of hydrogen-bond donors (Lipinski definition) is 1. The van der Waals surface area contributed by atoms with Gasteiger partial charge in [-0.1, -0.05) is 6.42 Å². The fourth-order valence-corrected chi connectivity index (χ4v) is 3.10. The third kappa shape index (κ3) is 1.75. The molecule has 0 radical (unpaired) electrons. The highest BCUT2D eigenvalue weighted by atomic mass is 15.2. The molecule has 0 amide bonds. The van der Waals surface area contributed by atoms with Gasteiger partial charge in [-0.2, -0.15) is 0 Å². The standard InChI is InChI=1S/C11H22N2/c1-10-9-11(6-7-12-10)5-3-4-8-13(11)2/h10,12H,3-9H2,1-2H3. The normalized spacial score (nSPS) is 42.5. The number of rotatable bonds is 0. The Morgan fingerprint density at radius 2 is 2.15 bits per heavy atom. The third-order valence-corrected chi connectivity index (χ3v) is 3.96. The van der Waals surface area contributed by atoms with Crippen LogP contribution in [-0.2, 0) is 0 Å². The van der Waals surface area contributed by atoms with E-state index in [4.69, 9.17) is 0 Å². The summed E-state index contributed by atoms with van der Waals surface area (Å²) in [6.07, 6.45) is 6.98. The van der Waals surface area contributed by atoms with E-state index in [1.165, 1.54) is 45.2 Å². The van der Waals surface area contributed by atoms with Crippen molar-refractivity contribution in [2.75, 3.05) is 20.1 Å². The van der Waals surface area contributed by atoms with Gasteiger partial charge in [-0.15, -0.1) is 0 Å². The Balaban J connectivity index is 2.07. The van der Waals surface area contributed by atoms with E-state index in [9.17, 15) is 0 Å². The minimum absolute atomic E-state index is 0.558. The topological polar surface area (TPSA) is 15.3 Å². The Hall–Kier alpha value is -0.0800. The molecule has 0 aromatic rings. The van der Waals surface area contributed by atoms with Gasteiger partial charge in [0.1, 0.15) is 0 Å². The first-order chi connectivity index (χ1) is 6.23. The zero-order valence-corrected chi connectivity index (χ0v) is 8.97. The molecule has 0 bridgehead atoms. The molecule has 2 fully saturated rings. The smallest absolute Gasteiger partial charge is 0.0233 e. The molecule has 2 saturated heterocycles. The molecule has 2 rings (SSSR count). The summed E-state index contributed by atoms with van der Waals surface area (Å²) < 4.78 is 0. The predicted molar refractivity (Wildman–Crippen MR) is 55.9 cm³/mol. The second kappa shape index (κ2) is 3.58. The summed E-state index contributed by atoms with van der Waals surface area (Å²) in [5, 5.41) is 3.55. The van der Waals surface area contributed by atoms with Crippen molar-refractivity contribution in [1.82, 2.24) is 10.2 Å². The molecular weight excluding hydrogens is 160 g/mol. The van der Waals surface area contributed by atoms with Gasteiger partial charge in [0.15, 0.2) is 0 Å². The summed E-state index contributed by atoms with van der Waals surface area (Å²) in [7, 11) is 2.32. The van der Waals surface area contributed by atoms with Crippen LogP contribution in [0.3, 0.4) is 0 Å². The number of likely N-dealkylation sites (tertiary alicyclic amines) is 1. The molecule has 0 aromatic heterocycles. The van der Waals surface area contributed by atoms with Gasteiger partial charge in [0.2, 0.25) is 0 Å². The Morgan fingerprint density at radius 1 is 1.31 bits per heavy atom. The van der Waals surface area contributed by atoms with Crippen LogP contribution in [0.1, 0.15) is 39.0 Å². The first kappa shape index (κ1) is 9.47. The maximum absolute atomic E-state index is 3.55. The summed E-state index contributed by atoms with van der Waals surface area (Å²) in [5.74, 6) is 0. The van der Waals surface area contributed by atoms with Gasteiger partial charge in [-0.25, -0.2) is 0 Å². The van der Waals surface area contributed by atoms with Crippen molar-refractivity contribution in [2.45, 2.75) is 50.6 Å². The third-order valence-electron chi connectivity index (χ3n) is 3.96. The fourth-order valence-electron chi connectivity index (χ4n) is 3.10. The molecule has 76 valence electrons. The van der Waals surface area contributed by atoms with Crippen molar-refractivity contribution in [3.8, 4) is 0 Å². The van der Waals surface area contributed by atoms with Crippen LogP contribution in [-0.4, -0.2) is 36.6 Å². The lowest BCUT2D eigenvalue weighted by Gasteiger charge is -2.49. The monoisotopic (exact) mass is 182 g/mol. The summed E-state index contributed by atoms with van der Waals surface area (Å²) >= 11 is 0. The summed E-state index contributed by atoms with van der Waals surface area (Å²) in [6, 6.07) is 0.717. The molecule has 2 unspecified atom stereocenters. The number of piperidine rings is 2. The maximum Gasteiger partial charge on any atom is 0.0233 e. The Bertz CT molecular complexity index is 177. The second-order valence-electron chi connectivity index (χ2n) is 4.91. The van der Waals surface area contributed by atoms with E-state index in [-0.39, 0.29) is 0 Å². The van der Waals surface area contributed by atoms with E-state index in [0.717, 1.165) is 0 Å². The van der Waals surface area contributed by atoms with Crippen molar-refractivity contribution in [3.05, 3.63) is 0 Å². The van der Waals surface area contributed by atoms with E-state index in [1.807, 2.05) is 0 Å². The molecule has 2 aliphatic heterocycles. The number of nitrogens with one attached hydrogen (secondary N) is 1. The molecule has 0 aromatic carbocycles. The average Bonchev–Trinajstić information content (AvgIpc) is 2.11. The van der Waals surface area contributed by atoms with Gasteiger partial charge >= 0.3 is 0 Å². The Morgan fingerprint density at radius 3 is 2.85 bits per heavy atom. The van der Waals surface area contributed by atoms with Gasteiger partial charge in [0.25, 0.3) is 0 Å². The highest BCUT2D eigenvalue weighted by Crippen LogP contribution is 2.35. The highest BCUT2D eigenvalue weighted by Gasteiger charge is 2.39. The lowest BCUT2D eigenvalue weighted by atomic mass is 9.77. The zero-order chi connectivity index (χ0) is 9.31. The van der Waals surface area contributed by atoms with Crippen LogP contribution in [0.25, 0.3) is 0 Å². The molecule has 2 heteroatoms. The molecule has 0 saturated carbocycles. The lowest BCUT2D eigenvalue weighted by Crippen LogP contribution is -2.57. The molecule has 1 N–H and O–H groups in total. The van der Waals surface area contributed by atoms with E-state index >= 15 is 0 Å². The van der Waals surface area contributed by atoms with Crippen LogP contribution in [0.15, 0.2) is 0 Å². The molecule has 13 heavy (non-hydrogen) atoms. The van der Waals surface area contributed by atoms with Crippen molar-refractivity contribution in [3.63, 3.8) is 0 Å².